The molecular formula is C21H21ClN2O5S. The number of halogens is 1. The average molecular weight is 449 g/mol. The van der Waals surface area contributed by atoms with E-state index < -0.39 is 24.3 Å². The van der Waals surface area contributed by atoms with Gasteiger partial charge in [0.25, 0.3) is 0 Å². The molecule has 0 radical (unpaired) electrons. The first kappa shape index (κ1) is 23.4. The van der Waals surface area contributed by atoms with E-state index in [1.165, 1.54) is 30.6 Å². The van der Waals surface area contributed by atoms with Crippen LogP contribution in [0.25, 0.3) is 6.08 Å². The largest absolute Gasteiger partial charge is 0.493 e. The summed E-state index contributed by atoms with van der Waals surface area (Å²) in [6, 6.07) is 5.19. The second-order valence-corrected chi connectivity index (χ2v) is 7.48. The highest BCUT2D eigenvalue weighted by Gasteiger charge is 2.24. The van der Waals surface area contributed by atoms with E-state index in [-0.39, 0.29) is 0 Å². The monoisotopic (exact) mass is 448 g/mol. The number of esters is 1. The maximum atomic E-state index is 12.2. The average Bonchev–Trinajstić information content (AvgIpc) is 3.15. The predicted octanol–water partition coefficient (Wildman–Crippen LogP) is 4.34. The Morgan fingerprint density at radius 3 is 2.77 bits per heavy atom. The van der Waals surface area contributed by atoms with Crippen molar-refractivity contribution in [3.8, 4) is 17.6 Å². The van der Waals surface area contributed by atoms with Crippen LogP contribution >= 0.6 is 22.9 Å². The first-order valence-electron chi connectivity index (χ1n) is 9.09. The van der Waals surface area contributed by atoms with E-state index in [9.17, 15) is 14.9 Å². The standard InChI is InChI=1S/C21H21ClN2O5S/c1-4-7-28-20-16(22)8-14(9-18(20)27-3)5-6-19(26)29-11-17(25)15(10-23)21-24-13(2)12-30-21/h5-6,8-9,12,15H,4,7,11H2,1-3H3/b6-5+. The van der Waals surface area contributed by atoms with E-state index in [1.54, 1.807) is 24.4 Å². The normalized spacial score (nSPS) is 11.7. The third kappa shape index (κ3) is 6.31. The van der Waals surface area contributed by atoms with Crippen molar-refractivity contribution in [2.45, 2.75) is 26.2 Å². The van der Waals surface area contributed by atoms with E-state index in [0.29, 0.717) is 33.7 Å². The van der Waals surface area contributed by atoms with Gasteiger partial charge in [-0.2, -0.15) is 5.26 Å². The van der Waals surface area contributed by atoms with Gasteiger partial charge in [-0.3, -0.25) is 4.79 Å². The van der Waals surface area contributed by atoms with Crippen molar-refractivity contribution in [2.75, 3.05) is 20.3 Å². The minimum Gasteiger partial charge on any atom is -0.493 e. The van der Waals surface area contributed by atoms with E-state index >= 15 is 0 Å². The quantitative estimate of drug-likeness (QED) is 0.394. The molecule has 1 atom stereocenters. The number of ether oxygens (including phenoxy) is 3. The van der Waals surface area contributed by atoms with E-state index in [2.05, 4.69) is 4.98 Å². The SMILES string of the molecule is CCCOc1c(Cl)cc(/C=C/C(=O)OCC(=O)C(C#N)c2nc(C)cs2)cc1OC. The molecule has 2 rings (SSSR count). The van der Waals surface area contributed by atoms with Gasteiger partial charge in [-0.05, 0) is 37.1 Å². The lowest BCUT2D eigenvalue weighted by Crippen LogP contribution is -2.19. The van der Waals surface area contributed by atoms with Crippen molar-refractivity contribution in [3.05, 3.63) is 44.9 Å². The number of hydrogen-bond acceptors (Lipinski definition) is 8. The number of nitriles is 1. The lowest BCUT2D eigenvalue weighted by molar-refractivity contribution is -0.143. The van der Waals surface area contributed by atoms with Crippen LogP contribution in [0.2, 0.25) is 5.02 Å². The van der Waals surface area contributed by atoms with Crippen molar-refractivity contribution < 1.29 is 23.8 Å². The predicted molar refractivity (Wildman–Crippen MR) is 114 cm³/mol. The van der Waals surface area contributed by atoms with Crippen molar-refractivity contribution in [2.24, 2.45) is 0 Å². The zero-order chi connectivity index (χ0) is 22.1. The van der Waals surface area contributed by atoms with Gasteiger partial charge in [0.15, 0.2) is 29.8 Å². The molecule has 1 heterocycles. The summed E-state index contributed by atoms with van der Waals surface area (Å²) in [6.07, 6.45) is 3.47. The Morgan fingerprint density at radius 2 is 2.17 bits per heavy atom. The third-order valence-electron chi connectivity index (χ3n) is 3.81. The Morgan fingerprint density at radius 1 is 1.40 bits per heavy atom. The highest BCUT2D eigenvalue weighted by atomic mass is 35.5. The molecule has 0 amide bonds. The first-order chi connectivity index (χ1) is 14.4. The summed E-state index contributed by atoms with van der Waals surface area (Å²) in [5.41, 5.74) is 1.32. The maximum absolute atomic E-state index is 12.2. The smallest absolute Gasteiger partial charge is 0.331 e. The van der Waals surface area contributed by atoms with Gasteiger partial charge in [0.1, 0.15) is 5.01 Å². The summed E-state index contributed by atoms with van der Waals surface area (Å²) in [5, 5.41) is 11.7. The van der Waals surface area contributed by atoms with Crippen molar-refractivity contribution >= 4 is 40.8 Å². The molecule has 0 spiro atoms. The van der Waals surface area contributed by atoms with Crippen LogP contribution < -0.4 is 9.47 Å². The molecule has 0 N–H and O–H groups in total. The summed E-state index contributed by atoms with van der Waals surface area (Å²) in [7, 11) is 1.49. The molecule has 1 aromatic heterocycles. The summed E-state index contributed by atoms with van der Waals surface area (Å²) in [6.45, 7) is 3.72. The van der Waals surface area contributed by atoms with E-state index in [1.807, 2.05) is 13.0 Å². The van der Waals surface area contributed by atoms with Crippen LogP contribution in [-0.2, 0) is 14.3 Å². The summed E-state index contributed by atoms with van der Waals surface area (Å²) < 4.78 is 15.8. The van der Waals surface area contributed by atoms with Crippen LogP contribution in [0.1, 0.15) is 35.5 Å². The molecule has 0 saturated carbocycles. The van der Waals surface area contributed by atoms with Gasteiger partial charge in [-0.1, -0.05) is 18.5 Å². The molecular weight excluding hydrogens is 428 g/mol. The van der Waals surface area contributed by atoms with E-state index in [4.69, 9.17) is 25.8 Å². The number of nitrogens with zero attached hydrogens (tertiary/aromatic N) is 2. The minimum absolute atomic E-state index is 0.349. The molecule has 0 saturated heterocycles. The molecule has 0 aliphatic carbocycles. The number of aromatic nitrogens is 1. The Kier molecular flexibility index (Phi) is 8.84. The summed E-state index contributed by atoms with van der Waals surface area (Å²) >= 11 is 7.46. The van der Waals surface area contributed by atoms with Gasteiger partial charge in [-0.25, -0.2) is 9.78 Å². The second kappa shape index (κ2) is 11.3. The summed E-state index contributed by atoms with van der Waals surface area (Å²) in [5.74, 6) is -1.44. The number of aryl methyl sites for hydroxylation is 1. The Labute approximate surface area is 183 Å². The third-order valence-corrected chi connectivity index (χ3v) is 5.11. The number of methoxy groups -OCH3 is 1. The lowest BCUT2D eigenvalue weighted by Gasteiger charge is -2.12. The highest BCUT2D eigenvalue weighted by Crippen LogP contribution is 2.36. The van der Waals surface area contributed by atoms with Crippen LogP contribution in [0.3, 0.4) is 0 Å². The molecule has 2 aromatic rings. The van der Waals surface area contributed by atoms with E-state index in [0.717, 1.165) is 12.1 Å². The molecule has 9 heteroatoms. The molecule has 7 nitrogen and oxygen atoms in total. The zero-order valence-electron chi connectivity index (χ0n) is 16.8. The first-order valence-corrected chi connectivity index (χ1v) is 10.3. The number of carbonyl (C=O) groups is 2. The number of carbonyl (C=O) groups excluding carboxylic acids is 2. The van der Waals surface area contributed by atoms with Gasteiger partial charge in [0.2, 0.25) is 0 Å². The highest BCUT2D eigenvalue weighted by molar-refractivity contribution is 7.09. The minimum atomic E-state index is -1.06. The number of thiazole rings is 1. The van der Waals surface area contributed by atoms with Crippen LogP contribution in [0.4, 0.5) is 0 Å². The number of hydrogen-bond donors (Lipinski definition) is 0. The Hall–Kier alpha value is -2.89. The molecule has 0 bridgehead atoms. The molecule has 0 aliphatic heterocycles. The molecule has 1 unspecified atom stereocenters. The van der Waals surface area contributed by atoms with Gasteiger partial charge in [0.05, 0.1) is 24.8 Å². The Bertz CT molecular complexity index is 980. The fourth-order valence-corrected chi connectivity index (χ4v) is 3.52. The van der Waals surface area contributed by atoms with Gasteiger partial charge >= 0.3 is 5.97 Å². The van der Waals surface area contributed by atoms with Crippen molar-refractivity contribution in [3.63, 3.8) is 0 Å². The topological polar surface area (TPSA) is 98.5 Å². The molecule has 0 aliphatic rings. The second-order valence-electron chi connectivity index (χ2n) is 6.18. The van der Waals surface area contributed by atoms with Gasteiger partial charge < -0.3 is 14.2 Å². The maximum Gasteiger partial charge on any atom is 0.331 e. The van der Waals surface area contributed by atoms with Crippen LogP contribution in [0, 0.1) is 18.3 Å². The fourth-order valence-electron chi connectivity index (χ4n) is 2.39. The number of benzene rings is 1. The number of Topliss-reactive ketones (excluding diaryl/α,β-unsaturated/α-hetero) is 1. The van der Waals surface area contributed by atoms with Crippen LogP contribution in [0.5, 0.6) is 11.5 Å². The number of rotatable bonds is 10. The van der Waals surface area contributed by atoms with Gasteiger partial charge in [0, 0.05) is 17.2 Å². The summed E-state index contributed by atoms with van der Waals surface area (Å²) in [4.78, 5) is 28.3. The zero-order valence-corrected chi connectivity index (χ0v) is 18.4. The molecule has 158 valence electrons. The van der Waals surface area contributed by atoms with Crippen molar-refractivity contribution in [1.29, 1.82) is 5.26 Å². The van der Waals surface area contributed by atoms with Gasteiger partial charge in [-0.15, -0.1) is 11.3 Å². The fraction of sp³-hybridized carbons (Fsp3) is 0.333. The molecule has 0 fully saturated rings. The number of ketones is 1. The van der Waals surface area contributed by atoms with Crippen LogP contribution in [-0.4, -0.2) is 37.1 Å². The van der Waals surface area contributed by atoms with Crippen LogP contribution in [0.15, 0.2) is 23.6 Å². The Balaban J connectivity index is 1.99. The molecule has 1 aromatic carbocycles. The lowest BCUT2D eigenvalue weighted by atomic mass is 10.1. The molecule has 30 heavy (non-hydrogen) atoms. The van der Waals surface area contributed by atoms with Crippen molar-refractivity contribution in [1.82, 2.24) is 4.98 Å².